The van der Waals surface area contributed by atoms with Crippen molar-refractivity contribution >= 4 is 35.0 Å². The van der Waals surface area contributed by atoms with Gasteiger partial charge in [-0.05, 0) is 20.8 Å². The summed E-state index contributed by atoms with van der Waals surface area (Å²) in [5.41, 5.74) is -5.05. The molecule has 3 heterocycles. The quantitative estimate of drug-likeness (QED) is 0.392. The lowest BCUT2D eigenvalue weighted by molar-refractivity contribution is -0.160. The SMILES string of the molecule is CC(=O)C(C(C)=O)(C(C)=O)C(=O)Oc1c2n3c(=O)n1c(=O)n2C3=O. The molecule has 1 aliphatic rings. The van der Waals surface area contributed by atoms with Crippen LogP contribution in [0.2, 0.25) is 0 Å². The summed E-state index contributed by atoms with van der Waals surface area (Å²) in [6.07, 6.45) is 0. The average Bonchev–Trinajstić information content (AvgIpc) is 2.79. The van der Waals surface area contributed by atoms with Crippen LogP contribution in [-0.2, 0) is 19.2 Å². The number of hydrogen-bond donors (Lipinski definition) is 0. The summed E-state index contributed by atoms with van der Waals surface area (Å²) in [5.74, 6) is -5.32. The fourth-order valence-corrected chi connectivity index (χ4v) is 2.86. The number of carbonyl (C=O) groups is 5. The molecule has 124 valence electrons. The van der Waals surface area contributed by atoms with Gasteiger partial charge in [0.25, 0.3) is 5.88 Å². The van der Waals surface area contributed by atoms with E-state index in [4.69, 9.17) is 4.74 Å². The van der Waals surface area contributed by atoms with Crippen molar-refractivity contribution in [1.29, 1.82) is 0 Å². The second kappa shape index (κ2) is 4.34. The van der Waals surface area contributed by atoms with Crippen molar-refractivity contribution in [2.45, 2.75) is 20.8 Å². The molecule has 2 aromatic heterocycles. The van der Waals surface area contributed by atoms with Gasteiger partial charge in [0.2, 0.25) is 11.1 Å². The summed E-state index contributed by atoms with van der Waals surface area (Å²) in [5, 5.41) is 0. The van der Waals surface area contributed by atoms with Crippen molar-refractivity contribution in [3.63, 3.8) is 0 Å². The van der Waals surface area contributed by atoms with Crippen LogP contribution in [0.4, 0.5) is 4.79 Å². The molecule has 2 aromatic rings. The van der Waals surface area contributed by atoms with Gasteiger partial charge in [0.15, 0.2) is 17.3 Å². The molecule has 11 heteroatoms. The summed E-state index contributed by atoms with van der Waals surface area (Å²) < 4.78 is 6.44. The van der Waals surface area contributed by atoms with E-state index in [0.717, 1.165) is 20.8 Å². The second-order valence-electron chi connectivity index (χ2n) is 5.29. The zero-order valence-corrected chi connectivity index (χ0v) is 12.6. The lowest BCUT2D eigenvalue weighted by Crippen LogP contribution is -2.52. The zero-order valence-electron chi connectivity index (χ0n) is 12.6. The number of nitrogens with zero attached hydrogens (tertiary/aromatic N) is 3. The Bertz CT molecular complexity index is 1010. The predicted octanol–water partition coefficient (Wildman–Crippen LogP) is -1.81. The molecule has 0 saturated heterocycles. The maximum Gasteiger partial charge on any atom is 0.349 e. The summed E-state index contributed by atoms with van der Waals surface area (Å²) in [6, 6.07) is -0.904. The van der Waals surface area contributed by atoms with E-state index in [1.165, 1.54) is 0 Å². The molecular weight excluding hydrogens is 326 g/mol. The highest BCUT2D eigenvalue weighted by Crippen LogP contribution is 2.30. The Morgan fingerprint density at radius 2 is 1.25 bits per heavy atom. The first-order valence-electron chi connectivity index (χ1n) is 6.60. The Balaban J connectivity index is 2.15. The first-order valence-corrected chi connectivity index (χ1v) is 6.60. The molecule has 0 spiro atoms. The van der Waals surface area contributed by atoms with Gasteiger partial charge in [-0.25, -0.2) is 19.2 Å². The van der Waals surface area contributed by atoms with E-state index >= 15 is 0 Å². The normalized spacial score (nSPS) is 13.0. The zero-order chi connectivity index (χ0) is 18.1. The highest BCUT2D eigenvalue weighted by molar-refractivity contribution is 6.36. The molecule has 0 radical (unpaired) electrons. The number of ether oxygens (including phenoxy) is 1. The largest absolute Gasteiger partial charge is 0.403 e. The number of carbonyl (C=O) groups excluding carboxylic acids is 5. The predicted molar refractivity (Wildman–Crippen MR) is 73.4 cm³/mol. The van der Waals surface area contributed by atoms with Crippen molar-refractivity contribution in [1.82, 2.24) is 13.5 Å². The lowest BCUT2D eigenvalue weighted by atomic mass is 9.77. The van der Waals surface area contributed by atoms with Gasteiger partial charge in [-0.3, -0.25) is 14.4 Å². The van der Waals surface area contributed by atoms with Gasteiger partial charge >= 0.3 is 23.4 Å². The molecule has 3 rings (SSSR count). The number of hydrogen-bond acceptors (Lipinski definition) is 8. The van der Waals surface area contributed by atoms with Crippen molar-refractivity contribution in [2.75, 3.05) is 0 Å². The van der Waals surface area contributed by atoms with Crippen LogP contribution in [0.15, 0.2) is 9.59 Å². The third-order valence-corrected chi connectivity index (χ3v) is 4.05. The van der Waals surface area contributed by atoms with E-state index in [9.17, 15) is 33.6 Å². The number of rotatable bonds is 5. The van der Waals surface area contributed by atoms with Gasteiger partial charge in [0.1, 0.15) is 0 Å². The van der Waals surface area contributed by atoms with E-state index < -0.39 is 52.0 Å². The van der Waals surface area contributed by atoms with Gasteiger partial charge in [0, 0.05) is 0 Å². The monoisotopic (exact) mass is 335 g/mol. The summed E-state index contributed by atoms with van der Waals surface area (Å²) in [4.78, 5) is 83.0. The molecule has 0 unspecified atom stereocenters. The standard InChI is InChI=1S/C13H9N3O8/c1-4(17)13(5(2)18,6(3)19)9(20)24-8-7-14-10(21)15(7)12(23)16(8)11(14)22/h1-3H3. The molecule has 0 N–H and O–H groups in total. The molecule has 0 fully saturated rings. The second-order valence-corrected chi connectivity index (χ2v) is 5.29. The van der Waals surface area contributed by atoms with Gasteiger partial charge in [-0.1, -0.05) is 0 Å². The number of aromatic nitrogens is 3. The number of imidazole rings is 2. The number of Topliss-reactive ketones (excluding diaryl/α,β-unsaturated/α-hetero) is 3. The summed E-state index contributed by atoms with van der Waals surface area (Å²) in [7, 11) is 0. The first-order chi connectivity index (χ1) is 11.1. The van der Waals surface area contributed by atoms with Crippen LogP contribution in [0.5, 0.6) is 5.88 Å². The van der Waals surface area contributed by atoms with Gasteiger partial charge in [-0.15, -0.1) is 0 Å². The molecule has 11 nitrogen and oxygen atoms in total. The Hall–Kier alpha value is -3.37. The Labute approximate surface area is 131 Å². The van der Waals surface area contributed by atoms with E-state index in [-0.39, 0.29) is 5.65 Å². The topological polar surface area (TPSA) is 143 Å². The van der Waals surface area contributed by atoms with Gasteiger partial charge in [-0.2, -0.15) is 13.5 Å². The van der Waals surface area contributed by atoms with Crippen LogP contribution in [0.1, 0.15) is 20.8 Å². The molecule has 0 atom stereocenters. The molecule has 2 bridgehead atoms. The van der Waals surface area contributed by atoms with E-state index in [2.05, 4.69) is 0 Å². The minimum atomic E-state index is -2.69. The molecule has 0 saturated carbocycles. The number of fused-ring (bicyclic) bond motifs is 1. The van der Waals surface area contributed by atoms with Crippen LogP contribution in [0.3, 0.4) is 0 Å². The Morgan fingerprint density at radius 3 is 1.62 bits per heavy atom. The van der Waals surface area contributed by atoms with Crippen LogP contribution < -0.4 is 16.1 Å². The van der Waals surface area contributed by atoms with E-state index in [0.29, 0.717) is 13.5 Å². The highest BCUT2D eigenvalue weighted by Gasteiger charge is 2.55. The maximum absolute atomic E-state index is 12.4. The Morgan fingerprint density at radius 1 is 0.833 bits per heavy atom. The summed E-state index contributed by atoms with van der Waals surface area (Å²) in [6.45, 7) is 2.61. The van der Waals surface area contributed by atoms with Crippen LogP contribution >= 0.6 is 0 Å². The molecule has 0 aromatic carbocycles. The fourth-order valence-electron chi connectivity index (χ4n) is 2.86. The molecule has 0 amide bonds. The van der Waals surface area contributed by atoms with E-state index in [1.54, 1.807) is 0 Å². The van der Waals surface area contributed by atoms with Crippen LogP contribution in [-0.4, -0.2) is 42.9 Å². The summed E-state index contributed by atoms with van der Waals surface area (Å²) >= 11 is 0. The third kappa shape index (κ3) is 1.39. The van der Waals surface area contributed by atoms with Crippen molar-refractivity contribution < 1.29 is 28.7 Å². The average molecular weight is 335 g/mol. The molecule has 1 aliphatic heterocycles. The smallest absolute Gasteiger partial charge is 0.349 e. The van der Waals surface area contributed by atoms with Gasteiger partial charge < -0.3 is 4.74 Å². The Kier molecular flexibility index (Phi) is 2.81. The van der Waals surface area contributed by atoms with Crippen molar-refractivity contribution in [3.05, 3.63) is 21.0 Å². The van der Waals surface area contributed by atoms with Crippen LogP contribution in [0.25, 0.3) is 5.65 Å². The highest BCUT2D eigenvalue weighted by atomic mass is 16.5. The van der Waals surface area contributed by atoms with Crippen molar-refractivity contribution in [2.24, 2.45) is 5.41 Å². The van der Waals surface area contributed by atoms with E-state index in [1.807, 2.05) is 0 Å². The first kappa shape index (κ1) is 15.5. The molecule has 0 aliphatic carbocycles. The third-order valence-electron chi connectivity index (χ3n) is 4.05. The minimum absolute atomic E-state index is 0.284. The number of ketones is 3. The molecular formula is C13H9N3O8. The lowest BCUT2D eigenvalue weighted by Gasteiger charge is -2.22. The maximum atomic E-state index is 12.4. The van der Waals surface area contributed by atoms with Crippen LogP contribution in [0, 0.1) is 5.41 Å². The molecule has 24 heavy (non-hydrogen) atoms. The fraction of sp³-hybridized carbons (Fsp3) is 0.308. The number of esters is 1. The van der Waals surface area contributed by atoms with Crippen molar-refractivity contribution in [3.8, 4) is 5.88 Å². The minimum Gasteiger partial charge on any atom is -0.403 e. The van der Waals surface area contributed by atoms with Gasteiger partial charge in [0.05, 0.1) is 0 Å².